The summed E-state index contributed by atoms with van der Waals surface area (Å²) >= 11 is 12.6. The molecular weight excluding hydrogens is 383 g/mol. The first-order chi connectivity index (χ1) is 13.0. The maximum absolute atomic E-state index is 12.9. The lowest BCUT2D eigenvalue weighted by Gasteiger charge is -2.23. The van der Waals surface area contributed by atoms with Gasteiger partial charge in [-0.25, -0.2) is 0 Å². The van der Waals surface area contributed by atoms with E-state index in [0.717, 1.165) is 0 Å². The van der Waals surface area contributed by atoms with Gasteiger partial charge in [0.2, 0.25) is 0 Å². The zero-order valence-corrected chi connectivity index (χ0v) is 15.4. The van der Waals surface area contributed by atoms with Gasteiger partial charge in [-0.1, -0.05) is 59.6 Å². The first-order valence-electron chi connectivity index (χ1n) is 8.15. The van der Waals surface area contributed by atoms with Crippen LogP contribution in [-0.2, 0) is 0 Å². The second-order valence-electron chi connectivity index (χ2n) is 6.13. The molecule has 0 aliphatic heterocycles. The number of fused-ring (bicyclic) bond motifs is 2. The van der Waals surface area contributed by atoms with Crippen molar-refractivity contribution in [3.63, 3.8) is 0 Å². The fourth-order valence-corrected chi connectivity index (χ4v) is 3.65. The van der Waals surface area contributed by atoms with Crippen LogP contribution in [0.25, 0.3) is 5.57 Å². The molecule has 0 radical (unpaired) electrons. The zero-order chi connectivity index (χ0) is 19.1. The first-order valence-corrected chi connectivity index (χ1v) is 8.90. The van der Waals surface area contributed by atoms with Crippen LogP contribution in [0.4, 0.5) is 0 Å². The topological polar surface area (TPSA) is 54.4 Å². The highest BCUT2D eigenvalue weighted by atomic mass is 35.5. The number of allylic oxidation sites excluding steroid dienone is 1. The number of hydrogen-bond acceptors (Lipinski definition) is 3. The predicted octanol–water partition coefficient (Wildman–Crippen LogP) is 5.56. The number of benzene rings is 3. The van der Waals surface area contributed by atoms with Gasteiger partial charge in [-0.05, 0) is 41.5 Å². The van der Waals surface area contributed by atoms with E-state index in [1.54, 1.807) is 48.5 Å². The predicted molar refractivity (Wildman–Crippen MR) is 106 cm³/mol. The van der Waals surface area contributed by atoms with Crippen molar-refractivity contribution >= 4 is 40.3 Å². The van der Waals surface area contributed by atoms with E-state index in [0.29, 0.717) is 38.4 Å². The van der Waals surface area contributed by atoms with Gasteiger partial charge in [0, 0.05) is 22.3 Å². The van der Waals surface area contributed by atoms with Gasteiger partial charge in [0.25, 0.3) is 0 Å². The van der Waals surface area contributed by atoms with Crippen LogP contribution in [0.1, 0.15) is 37.4 Å². The number of rotatable bonds is 2. The van der Waals surface area contributed by atoms with E-state index in [1.165, 1.54) is 18.2 Å². The van der Waals surface area contributed by atoms with Gasteiger partial charge in [-0.15, -0.1) is 0 Å². The molecule has 132 valence electrons. The Hall–Kier alpha value is -2.88. The lowest BCUT2D eigenvalue weighted by molar-refractivity contribution is 0.103. The third kappa shape index (κ3) is 2.95. The Morgan fingerprint density at radius 3 is 2.37 bits per heavy atom. The highest BCUT2D eigenvalue weighted by Gasteiger charge is 2.30. The molecule has 0 atom stereocenters. The second-order valence-corrected chi connectivity index (χ2v) is 6.92. The Morgan fingerprint density at radius 2 is 1.63 bits per heavy atom. The van der Waals surface area contributed by atoms with Gasteiger partial charge in [0.15, 0.2) is 11.6 Å². The average Bonchev–Trinajstić information content (AvgIpc) is 2.67. The van der Waals surface area contributed by atoms with Gasteiger partial charge >= 0.3 is 0 Å². The van der Waals surface area contributed by atoms with Gasteiger partial charge in [0.05, 0.1) is 10.0 Å². The number of ketones is 2. The van der Waals surface area contributed by atoms with Crippen molar-refractivity contribution in [1.29, 1.82) is 0 Å². The van der Waals surface area contributed by atoms with Crippen LogP contribution in [-0.4, -0.2) is 16.7 Å². The summed E-state index contributed by atoms with van der Waals surface area (Å²) in [5.74, 6) is -0.479. The van der Waals surface area contributed by atoms with Crippen LogP contribution in [0.5, 0.6) is 5.75 Å². The molecular formula is C22H12Cl2O3. The Labute approximate surface area is 165 Å². The molecule has 0 saturated heterocycles. The van der Waals surface area contributed by atoms with Gasteiger partial charge in [-0.2, -0.15) is 0 Å². The number of hydrogen-bond donors (Lipinski definition) is 1. The fraction of sp³-hybridized carbons (Fsp3) is 0. The lowest BCUT2D eigenvalue weighted by atomic mass is 9.80. The number of phenolic OH excluding ortho intramolecular Hbond substituents is 1. The van der Waals surface area contributed by atoms with Gasteiger partial charge < -0.3 is 5.11 Å². The smallest absolute Gasteiger partial charge is 0.194 e. The molecule has 0 heterocycles. The maximum Gasteiger partial charge on any atom is 0.194 e. The third-order valence-electron chi connectivity index (χ3n) is 4.48. The summed E-state index contributed by atoms with van der Waals surface area (Å²) in [7, 11) is 0. The van der Waals surface area contributed by atoms with Crippen molar-refractivity contribution in [3.8, 4) is 5.75 Å². The molecule has 0 aromatic heterocycles. The molecule has 0 bridgehead atoms. The minimum Gasteiger partial charge on any atom is -0.508 e. The first kappa shape index (κ1) is 17.5. The van der Waals surface area contributed by atoms with E-state index >= 15 is 0 Å². The monoisotopic (exact) mass is 394 g/mol. The Morgan fingerprint density at radius 1 is 0.889 bits per heavy atom. The zero-order valence-electron chi connectivity index (χ0n) is 13.9. The number of aromatic hydroxyl groups is 1. The van der Waals surface area contributed by atoms with Crippen molar-refractivity contribution in [1.82, 2.24) is 0 Å². The SMILES string of the molecule is O=C(/C=C1\c2ccccc2C(=O)c2ccc(Cl)c(Cl)c21)c1cccc(O)c1. The molecule has 0 fully saturated rings. The molecule has 4 rings (SSSR count). The van der Waals surface area contributed by atoms with E-state index in [1.807, 2.05) is 0 Å². The summed E-state index contributed by atoms with van der Waals surface area (Å²) < 4.78 is 0. The number of carbonyl (C=O) groups is 2. The molecule has 5 heteroatoms. The van der Waals surface area contributed by atoms with Crippen molar-refractivity contribution in [3.05, 3.63) is 105 Å². The van der Waals surface area contributed by atoms with Crippen molar-refractivity contribution in [2.75, 3.05) is 0 Å². The van der Waals surface area contributed by atoms with Crippen molar-refractivity contribution in [2.24, 2.45) is 0 Å². The molecule has 1 N–H and O–H groups in total. The maximum atomic E-state index is 12.9. The summed E-state index contributed by atoms with van der Waals surface area (Å²) in [5, 5.41) is 10.2. The second kappa shape index (κ2) is 6.69. The molecule has 3 aromatic carbocycles. The molecule has 27 heavy (non-hydrogen) atoms. The van der Waals surface area contributed by atoms with Crippen molar-refractivity contribution in [2.45, 2.75) is 0 Å². The van der Waals surface area contributed by atoms with E-state index < -0.39 is 0 Å². The summed E-state index contributed by atoms with van der Waals surface area (Å²) in [6.07, 6.45) is 1.43. The number of carbonyl (C=O) groups excluding carboxylic acids is 2. The molecule has 3 aromatic rings. The minimum absolute atomic E-state index is 0.0000472. The summed E-state index contributed by atoms with van der Waals surface area (Å²) in [6, 6.07) is 16.3. The summed E-state index contributed by atoms with van der Waals surface area (Å²) in [4.78, 5) is 25.7. The summed E-state index contributed by atoms with van der Waals surface area (Å²) in [5.41, 5.74) is 2.82. The molecule has 0 unspecified atom stereocenters. The third-order valence-corrected chi connectivity index (χ3v) is 5.28. The molecule has 3 nitrogen and oxygen atoms in total. The normalized spacial score (nSPS) is 14.0. The quantitative estimate of drug-likeness (QED) is 0.357. The Balaban J connectivity index is 1.98. The van der Waals surface area contributed by atoms with Gasteiger partial charge in [0.1, 0.15) is 5.75 Å². The van der Waals surface area contributed by atoms with Crippen LogP contribution >= 0.6 is 23.2 Å². The van der Waals surface area contributed by atoms with E-state index in [-0.39, 0.29) is 22.3 Å². The number of halogens is 2. The van der Waals surface area contributed by atoms with Crippen LogP contribution in [0.2, 0.25) is 10.0 Å². The van der Waals surface area contributed by atoms with E-state index in [9.17, 15) is 14.7 Å². The highest BCUT2D eigenvalue weighted by molar-refractivity contribution is 6.44. The van der Waals surface area contributed by atoms with Crippen LogP contribution < -0.4 is 0 Å². The van der Waals surface area contributed by atoms with Crippen LogP contribution in [0.3, 0.4) is 0 Å². The largest absolute Gasteiger partial charge is 0.508 e. The van der Waals surface area contributed by atoms with Crippen LogP contribution in [0.15, 0.2) is 66.7 Å². The fourth-order valence-electron chi connectivity index (χ4n) is 3.22. The lowest BCUT2D eigenvalue weighted by Crippen LogP contribution is -2.15. The van der Waals surface area contributed by atoms with Crippen molar-refractivity contribution < 1.29 is 14.7 Å². The molecule has 0 saturated carbocycles. The van der Waals surface area contributed by atoms with Gasteiger partial charge in [-0.3, -0.25) is 9.59 Å². The molecule has 0 amide bonds. The Kier molecular flexibility index (Phi) is 4.34. The van der Waals surface area contributed by atoms with Crippen LogP contribution in [0, 0.1) is 0 Å². The molecule has 1 aliphatic rings. The highest BCUT2D eigenvalue weighted by Crippen LogP contribution is 2.42. The minimum atomic E-state index is -0.313. The average molecular weight is 395 g/mol. The molecule has 0 spiro atoms. The number of phenols is 1. The van der Waals surface area contributed by atoms with E-state index in [2.05, 4.69) is 0 Å². The van der Waals surface area contributed by atoms with E-state index in [4.69, 9.17) is 23.2 Å². The molecule has 1 aliphatic carbocycles. The Bertz CT molecular complexity index is 1150. The standard InChI is InChI=1S/C22H12Cl2O3/c23-18-9-8-16-20(21(18)24)17(14-6-1-2-7-15(14)22(16)27)11-19(26)12-4-3-5-13(25)10-12/h1-11,25H/b17-11+. The summed E-state index contributed by atoms with van der Waals surface area (Å²) in [6.45, 7) is 0.